The molecule has 6 amide bonds. The number of benzene rings is 1. The number of rotatable bonds is 14. The number of β-amino-alcohol motifs (C(OH)–C–C–N with tert-alkyl or cyclic N) is 1. The fraction of sp³-hybridized carbons (Fsp3) is 0.643. The van der Waals surface area contributed by atoms with Crippen LogP contribution in [0.15, 0.2) is 30.5 Å². The molecule has 58 heavy (non-hydrogen) atoms. The summed E-state index contributed by atoms with van der Waals surface area (Å²) in [5.74, 6) is 0.364. The summed E-state index contributed by atoms with van der Waals surface area (Å²) in [6.45, 7) is 10.8. The van der Waals surface area contributed by atoms with Gasteiger partial charge in [0.15, 0.2) is 11.5 Å². The molecular weight excluding hydrogens is 741 g/mol. The van der Waals surface area contributed by atoms with E-state index < -0.39 is 23.5 Å². The molecule has 6 rings (SSSR count). The van der Waals surface area contributed by atoms with Gasteiger partial charge in [0.1, 0.15) is 11.9 Å². The Balaban J connectivity index is 0.931. The summed E-state index contributed by atoms with van der Waals surface area (Å²) in [6, 6.07) is 7.53. The summed E-state index contributed by atoms with van der Waals surface area (Å²) in [5.41, 5.74) is 7.21. The number of hydrogen-bond donors (Lipinski definition) is 4. The molecule has 0 bridgehead atoms. The van der Waals surface area contributed by atoms with Gasteiger partial charge in [-0.25, -0.2) is 14.8 Å². The third kappa shape index (κ3) is 10.5. The van der Waals surface area contributed by atoms with Crippen molar-refractivity contribution >= 4 is 47.0 Å². The molecule has 5 heterocycles. The number of nitrogens with zero attached hydrogens (tertiary/aromatic N) is 7. The van der Waals surface area contributed by atoms with E-state index in [4.69, 9.17) is 10.7 Å². The van der Waals surface area contributed by atoms with E-state index in [2.05, 4.69) is 32.7 Å². The Morgan fingerprint density at radius 1 is 0.897 bits per heavy atom. The van der Waals surface area contributed by atoms with Crippen LogP contribution in [-0.4, -0.2) is 142 Å². The molecule has 5 N–H and O–H groups in total. The number of nitrogens with two attached hydrogens (primary N) is 1. The molecule has 4 fully saturated rings. The molecule has 2 aromatic rings. The molecule has 316 valence electrons. The molecular formula is C42H62N10O6. The second kappa shape index (κ2) is 18.7. The number of aliphatic hydroxyl groups excluding tert-OH is 1. The van der Waals surface area contributed by atoms with Gasteiger partial charge in [-0.1, -0.05) is 39.3 Å². The van der Waals surface area contributed by atoms with Crippen molar-refractivity contribution < 1.29 is 29.1 Å². The number of amides is 6. The average Bonchev–Trinajstić information content (AvgIpc) is 3.80. The van der Waals surface area contributed by atoms with Crippen LogP contribution >= 0.6 is 0 Å². The molecule has 0 unspecified atom stereocenters. The van der Waals surface area contributed by atoms with Gasteiger partial charge in [0.05, 0.1) is 18.3 Å². The van der Waals surface area contributed by atoms with E-state index >= 15 is 0 Å². The molecule has 16 nitrogen and oxygen atoms in total. The standard InChI is InChI=1S/C42H62N10O6/c1-42(2,3)37(40(57)51-22-18-32(53)27-51)47-34(54)10-6-5-7-11-35(55)49-20-16-29(17-21-49)28-12-14-30(15-13-28)45-39-36(38(43)56)44-25-33(46-39)50-19-8-9-31(26-50)52-24-23-48(4)41(52)58/h12-15,25,29,31-32,37,53H,5-11,16-24,26-27H2,1-4H3,(H2,43,56)(H,45,46)(H,47,54)/t31-,32-,37-/m1/s1. The highest BCUT2D eigenvalue weighted by Gasteiger charge is 2.38. The topological polar surface area (TPSA) is 198 Å². The first-order valence-corrected chi connectivity index (χ1v) is 21.0. The number of unbranched alkanes of at least 4 members (excludes halogenated alkanes) is 2. The Morgan fingerprint density at radius 2 is 1.60 bits per heavy atom. The first-order chi connectivity index (χ1) is 27.7. The maximum Gasteiger partial charge on any atom is 0.320 e. The Bertz CT molecular complexity index is 1790. The van der Waals surface area contributed by atoms with Crippen LogP contribution in [-0.2, 0) is 14.4 Å². The smallest absolute Gasteiger partial charge is 0.320 e. The van der Waals surface area contributed by atoms with Crippen molar-refractivity contribution in [1.29, 1.82) is 0 Å². The molecule has 16 heteroatoms. The number of nitrogens with one attached hydrogen (secondary N) is 2. The van der Waals surface area contributed by atoms with Crippen molar-refractivity contribution in [3.05, 3.63) is 41.7 Å². The number of anilines is 3. The number of likely N-dealkylation sites (N-methyl/N-ethyl adjacent to an activating group) is 1. The van der Waals surface area contributed by atoms with Crippen LogP contribution in [0.5, 0.6) is 0 Å². The molecule has 3 atom stereocenters. The Kier molecular flexibility index (Phi) is 13.8. The van der Waals surface area contributed by atoms with Crippen LogP contribution < -0.4 is 21.3 Å². The van der Waals surface area contributed by atoms with E-state index in [0.717, 1.165) is 50.9 Å². The van der Waals surface area contributed by atoms with E-state index in [9.17, 15) is 29.1 Å². The summed E-state index contributed by atoms with van der Waals surface area (Å²) < 4.78 is 0. The lowest BCUT2D eigenvalue weighted by Crippen LogP contribution is -2.54. The highest BCUT2D eigenvalue weighted by Crippen LogP contribution is 2.31. The van der Waals surface area contributed by atoms with Crippen LogP contribution in [0, 0.1) is 5.41 Å². The van der Waals surface area contributed by atoms with Gasteiger partial charge in [0, 0.05) is 77.9 Å². The Morgan fingerprint density at radius 3 is 2.24 bits per heavy atom. The zero-order valence-corrected chi connectivity index (χ0v) is 34.6. The van der Waals surface area contributed by atoms with Gasteiger partial charge in [0.2, 0.25) is 17.7 Å². The van der Waals surface area contributed by atoms with Gasteiger partial charge in [-0.3, -0.25) is 19.2 Å². The molecule has 0 spiro atoms. The van der Waals surface area contributed by atoms with Gasteiger partial charge in [-0.15, -0.1) is 0 Å². The van der Waals surface area contributed by atoms with E-state index in [-0.39, 0.29) is 41.3 Å². The maximum atomic E-state index is 13.1. The van der Waals surface area contributed by atoms with Crippen LogP contribution in [0.4, 0.5) is 22.1 Å². The largest absolute Gasteiger partial charge is 0.391 e. The molecule has 4 aliphatic heterocycles. The van der Waals surface area contributed by atoms with Crippen molar-refractivity contribution in [2.75, 3.05) is 69.6 Å². The SMILES string of the molecule is CN1CCN([C@@H]2CCCN(c3cnc(C(N)=O)c(Nc4ccc(C5CCN(C(=O)CCCCCC(=O)N[C@H](C(=O)N6CC[C@@H](O)C6)C(C)(C)C)CC5)cc4)n3)C2)C1=O. The molecule has 0 radical (unpaired) electrons. The number of likely N-dealkylation sites (tertiary alicyclic amines) is 2. The van der Waals surface area contributed by atoms with Crippen molar-refractivity contribution in [2.24, 2.45) is 11.1 Å². The third-order valence-electron chi connectivity index (χ3n) is 12.1. The van der Waals surface area contributed by atoms with Crippen LogP contribution in [0.2, 0.25) is 0 Å². The normalized spacial score (nSPS) is 21.1. The monoisotopic (exact) mass is 802 g/mol. The first kappa shape index (κ1) is 42.6. The van der Waals surface area contributed by atoms with E-state index in [1.165, 1.54) is 5.56 Å². The minimum absolute atomic E-state index is 0.0535. The lowest BCUT2D eigenvalue weighted by atomic mass is 9.85. The van der Waals surface area contributed by atoms with Crippen molar-refractivity contribution in [1.82, 2.24) is 34.9 Å². The summed E-state index contributed by atoms with van der Waals surface area (Å²) >= 11 is 0. The maximum absolute atomic E-state index is 13.1. The third-order valence-corrected chi connectivity index (χ3v) is 12.1. The molecule has 1 aromatic heterocycles. The Hall–Kier alpha value is -4.99. The molecule has 4 saturated heterocycles. The average molecular weight is 803 g/mol. The second-order valence-corrected chi connectivity index (χ2v) is 17.5. The lowest BCUT2D eigenvalue weighted by Gasteiger charge is -2.37. The minimum atomic E-state index is -0.677. The number of hydrogen-bond acceptors (Lipinski definition) is 10. The molecule has 4 aliphatic rings. The second-order valence-electron chi connectivity index (χ2n) is 17.5. The van der Waals surface area contributed by atoms with E-state index in [1.54, 1.807) is 16.0 Å². The lowest BCUT2D eigenvalue weighted by molar-refractivity contribution is -0.139. The minimum Gasteiger partial charge on any atom is -0.391 e. The number of aliphatic hydroxyl groups is 1. The number of carbonyl (C=O) groups is 5. The van der Waals surface area contributed by atoms with Crippen molar-refractivity contribution in [3.63, 3.8) is 0 Å². The zero-order chi connectivity index (χ0) is 41.6. The quantitative estimate of drug-likeness (QED) is 0.206. The fourth-order valence-corrected chi connectivity index (χ4v) is 8.56. The molecule has 0 saturated carbocycles. The predicted octanol–water partition coefficient (Wildman–Crippen LogP) is 3.44. The molecule has 0 aliphatic carbocycles. The van der Waals surface area contributed by atoms with Crippen LogP contribution in [0.1, 0.15) is 107 Å². The van der Waals surface area contributed by atoms with Gasteiger partial charge < -0.3 is 46.0 Å². The van der Waals surface area contributed by atoms with Gasteiger partial charge in [-0.2, -0.15) is 0 Å². The summed E-state index contributed by atoms with van der Waals surface area (Å²) in [6.07, 6.45) is 8.00. The number of urea groups is 1. The Labute approximate surface area is 341 Å². The van der Waals surface area contributed by atoms with Crippen LogP contribution in [0.25, 0.3) is 0 Å². The summed E-state index contributed by atoms with van der Waals surface area (Å²) in [7, 11) is 1.82. The van der Waals surface area contributed by atoms with Crippen molar-refractivity contribution in [3.8, 4) is 0 Å². The van der Waals surface area contributed by atoms with E-state index in [0.29, 0.717) is 83.1 Å². The van der Waals surface area contributed by atoms with Gasteiger partial charge in [-0.05, 0) is 74.0 Å². The van der Waals surface area contributed by atoms with Gasteiger partial charge >= 0.3 is 6.03 Å². The predicted molar refractivity (Wildman–Crippen MR) is 220 cm³/mol. The number of piperidine rings is 2. The summed E-state index contributed by atoms with van der Waals surface area (Å²) in [4.78, 5) is 82.5. The van der Waals surface area contributed by atoms with Crippen molar-refractivity contribution in [2.45, 2.75) is 109 Å². The highest BCUT2D eigenvalue weighted by atomic mass is 16.3. The van der Waals surface area contributed by atoms with Crippen LogP contribution in [0.3, 0.4) is 0 Å². The number of aromatic nitrogens is 2. The first-order valence-electron chi connectivity index (χ1n) is 21.0. The highest BCUT2D eigenvalue weighted by molar-refractivity contribution is 5.96. The number of carbonyl (C=O) groups excluding carboxylic acids is 5. The molecule has 1 aromatic carbocycles. The fourth-order valence-electron chi connectivity index (χ4n) is 8.56. The van der Waals surface area contributed by atoms with E-state index in [1.807, 2.05) is 49.8 Å². The zero-order valence-electron chi connectivity index (χ0n) is 34.6. The number of primary amides is 1. The summed E-state index contributed by atoms with van der Waals surface area (Å²) in [5, 5.41) is 16.1. The van der Waals surface area contributed by atoms with Gasteiger partial charge in [0.25, 0.3) is 5.91 Å².